The normalized spacial score (nSPS) is 11.1. The summed E-state index contributed by atoms with van der Waals surface area (Å²) in [4.78, 5) is 3.80. The van der Waals surface area contributed by atoms with Crippen molar-refractivity contribution in [3.63, 3.8) is 0 Å². The first-order valence-corrected chi connectivity index (χ1v) is 7.99. The predicted octanol–water partition coefficient (Wildman–Crippen LogP) is 4.23. The lowest BCUT2D eigenvalue weighted by molar-refractivity contribution is 0.588. The lowest BCUT2D eigenvalue weighted by Gasteiger charge is -2.15. The zero-order chi connectivity index (χ0) is 18.7. The Balaban J connectivity index is 2.11. The number of aliphatic imine (C=N–C) groups is 1. The fourth-order valence-electron chi connectivity index (χ4n) is 2.37. The maximum absolute atomic E-state index is 15.1. The molecule has 0 aliphatic carbocycles. The maximum atomic E-state index is 15.1. The minimum Gasteiger partial charge on any atom is -0.403 e. The zero-order valence-electron chi connectivity index (χ0n) is 14.0. The Morgan fingerprint density at radius 2 is 2.00 bits per heavy atom. The Bertz CT molecular complexity index is 972. The van der Waals surface area contributed by atoms with Gasteiger partial charge in [0.05, 0.1) is 23.3 Å². The number of nitrogens with zero attached hydrogens (tertiary/aromatic N) is 3. The number of nitrogen functional groups attached to an aromatic ring is 1. The molecule has 3 rings (SSSR count). The van der Waals surface area contributed by atoms with Crippen molar-refractivity contribution >= 4 is 41.0 Å². The van der Waals surface area contributed by atoms with Crippen LogP contribution in [0.15, 0.2) is 39.7 Å². The van der Waals surface area contributed by atoms with E-state index in [-0.39, 0.29) is 23.3 Å². The highest BCUT2D eigenvalue weighted by atomic mass is 35.5. The molecule has 0 spiro atoms. The summed E-state index contributed by atoms with van der Waals surface area (Å²) in [7, 11) is 1.58. The Hall–Kier alpha value is -3.13. The molecule has 0 aliphatic rings. The van der Waals surface area contributed by atoms with Crippen LogP contribution in [0.4, 0.5) is 27.5 Å². The summed E-state index contributed by atoms with van der Waals surface area (Å²) < 4.78 is 20.4. The summed E-state index contributed by atoms with van der Waals surface area (Å²) in [5.74, 6) is -0.431. The van der Waals surface area contributed by atoms with E-state index in [9.17, 15) is 0 Å². The molecule has 3 aromatic rings. The van der Waals surface area contributed by atoms with Crippen LogP contribution >= 0.6 is 11.6 Å². The van der Waals surface area contributed by atoms with Crippen molar-refractivity contribution in [2.45, 2.75) is 6.92 Å². The van der Waals surface area contributed by atoms with Gasteiger partial charge in [0.15, 0.2) is 5.82 Å². The molecule has 26 heavy (non-hydrogen) atoms. The third-order valence-corrected chi connectivity index (χ3v) is 3.85. The van der Waals surface area contributed by atoms with Crippen molar-refractivity contribution in [1.82, 2.24) is 10.2 Å². The lowest BCUT2D eigenvalue weighted by atomic mass is 10.1. The Labute approximate surface area is 154 Å². The summed E-state index contributed by atoms with van der Waals surface area (Å²) in [6.07, 6.45) is 1.39. The SMILES string of the molecule is CN=CNc1ccc(-c2nnc(N)o2)c(Nc2ccc(Cl)cc2C)c1F. The fraction of sp³-hybridized carbons (Fsp3) is 0.118. The second-order valence-electron chi connectivity index (χ2n) is 5.41. The van der Waals surface area contributed by atoms with Crippen LogP contribution in [0.2, 0.25) is 5.02 Å². The molecule has 134 valence electrons. The second-order valence-corrected chi connectivity index (χ2v) is 5.85. The van der Waals surface area contributed by atoms with Crippen LogP contribution in [0, 0.1) is 12.7 Å². The summed E-state index contributed by atoms with van der Waals surface area (Å²) in [5.41, 5.74) is 7.80. The van der Waals surface area contributed by atoms with Crippen LogP contribution in [0.3, 0.4) is 0 Å². The number of nitrogens with two attached hydrogens (primary N) is 1. The molecule has 0 saturated carbocycles. The molecular weight excluding hydrogens is 359 g/mol. The molecule has 0 atom stereocenters. The monoisotopic (exact) mass is 374 g/mol. The van der Waals surface area contributed by atoms with Gasteiger partial charge >= 0.3 is 6.01 Å². The number of aryl methyl sites for hydroxylation is 1. The van der Waals surface area contributed by atoms with Crippen molar-refractivity contribution in [3.8, 4) is 11.5 Å². The second kappa shape index (κ2) is 7.40. The third kappa shape index (κ3) is 3.60. The quantitative estimate of drug-likeness (QED) is 0.456. The van der Waals surface area contributed by atoms with Gasteiger partial charge in [-0.05, 0) is 42.8 Å². The minimum atomic E-state index is -0.534. The lowest BCUT2D eigenvalue weighted by Crippen LogP contribution is -2.04. The highest BCUT2D eigenvalue weighted by Gasteiger charge is 2.19. The van der Waals surface area contributed by atoms with Gasteiger partial charge in [-0.25, -0.2) is 4.39 Å². The molecule has 2 aromatic carbocycles. The van der Waals surface area contributed by atoms with E-state index in [2.05, 4.69) is 25.8 Å². The number of hydrogen-bond acceptors (Lipinski definition) is 6. The zero-order valence-corrected chi connectivity index (χ0v) is 14.8. The number of halogens is 2. The molecule has 0 unspecified atom stereocenters. The van der Waals surface area contributed by atoms with Gasteiger partial charge in [0.2, 0.25) is 0 Å². The number of aromatic nitrogens is 2. The highest BCUT2D eigenvalue weighted by Crippen LogP contribution is 2.36. The number of benzene rings is 2. The first-order valence-electron chi connectivity index (χ1n) is 7.61. The first-order chi connectivity index (χ1) is 12.5. The van der Waals surface area contributed by atoms with Crippen LogP contribution in [0.1, 0.15) is 5.56 Å². The van der Waals surface area contributed by atoms with E-state index in [0.29, 0.717) is 16.3 Å². The maximum Gasteiger partial charge on any atom is 0.313 e. The molecule has 0 fully saturated rings. The number of rotatable bonds is 5. The van der Waals surface area contributed by atoms with Crippen molar-refractivity contribution in [3.05, 3.63) is 46.7 Å². The predicted molar refractivity (Wildman–Crippen MR) is 102 cm³/mol. The molecule has 0 amide bonds. The van der Waals surface area contributed by atoms with Gasteiger partial charge in [-0.15, -0.1) is 5.10 Å². The summed E-state index contributed by atoms with van der Waals surface area (Å²) >= 11 is 5.99. The van der Waals surface area contributed by atoms with Gasteiger partial charge in [0.25, 0.3) is 5.89 Å². The smallest absolute Gasteiger partial charge is 0.313 e. The van der Waals surface area contributed by atoms with E-state index >= 15 is 4.39 Å². The van der Waals surface area contributed by atoms with Crippen LogP contribution < -0.4 is 16.4 Å². The summed E-state index contributed by atoms with van der Waals surface area (Å²) in [5, 5.41) is 13.9. The molecule has 9 heteroatoms. The average Bonchev–Trinajstić information content (AvgIpc) is 3.04. The van der Waals surface area contributed by atoms with Gasteiger partial charge in [0.1, 0.15) is 0 Å². The van der Waals surface area contributed by atoms with Crippen LogP contribution in [0.5, 0.6) is 0 Å². The van der Waals surface area contributed by atoms with Crippen molar-refractivity contribution in [2.75, 3.05) is 23.4 Å². The summed E-state index contributed by atoms with van der Waals surface area (Å²) in [6, 6.07) is 8.34. The van der Waals surface area contributed by atoms with Crippen molar-refractivity contribution in [2.24, 2.45) is 4.99 Å². The van der Waals surface area contributed by atoms with Crippen molar-refractivity contribution in [1.29, 1.82) is 0 Å². The van der Waals surface area contributed by atoms with Gasteiger partial charge in [-0.1, -0.05) is 16.7 Å². The van der Waals surface area contributed by atoms with Crippen LogP contribution in [-0.4, -0.2) is 23.6 Å². The topological polar surface area (TPSA) is 101 Å². The third-order valence-electron chi connectivity index (χ3n) is 3.61. The number of anilines is 4. The van der Waals surface area contributed by atoms with E-state index in [0.717, 1.165) is 5.56 Å². The molecule has 1 heterocycles. The van der Waals surface area contributed by atoms with Gasteiger partial charge in [-0.3, -0.25) is 4.99 Å². The van der Waals surface area contributed by atoms with Crippen molar-refractivity contribution < 1.29 is 8.81 Å². The van der Waals surface area contributed by atoms with Gasteiger partial charge in [0, 0.05) is 17.8 Å². The van der Waals surface area contributed by atoms with E-state index in [1.54, 1.807) is 37.4 Å². The fourth-order valence-corrected chi connectivity index (χ4v) is 2.59. The molecule has 0 aliphatic heterocycles. The molecule has 7 nitrogen and oxygen atoms in total. The van der Waals surface area contributed by atoms with Crippen LogP contribution in [-0.2, 0) is 0 Å². The average molecular weight is 375 g/mol. The molecule has 0 saturated heterocycles. The Morgan fingerprint density at radius 1 is 1.23 bits per heavy atom. The molecular formula is C17H16ClFN6O. The molecule has 0 radical (unpaired) electrons. The Morgan fingerprint density at radius 3 is 2.65 bits per heavy atom. The highest BCUT2D eigenvalue weighted by molar-refractivity contribution is 6.30. The Kier molecular flexibility index (Phi) is 5.04. The molecule has 4 N–H and O–H groups in total. The van der Waals surface area contributed by atoms with Gasteiger partial charge < -0.3 is 20.8 Å². The molecule has 0 bridgehead atoms. The van der Waals surface area contributed by atoms with Gasteiger partial charge in [-0.2, -0.15) is 0 Å². The largest absolute Gasteiger partial charge is 0.403 e. The van der Waals surface area contributed by atoms with Crippen LogP contribution in [0.25, 0.3) is 11.5 Å². The van der Waals surface area contributed by atoms with E-state index in [1.165, 1.54) is 6.34 Å². The van der Waals surface area contributed by atoms with E-state index < -0.39 is 5.82 Å². The first kappa shape index (κ1) is 17.7. The number of hydrogen-bond donors (Lipinski definition) is 3. The van der Waals surface area contributed by atoms with E-state index in [4.69, 9.17) is 21.8 Å². The summed E-state index contributed by atoms with van der Waals surface area (Å²) in [6.45, 7) is 1.86. The number of nitrogens with one attached hydrogen (secondary N) is 2. The van der Waals surface area contributed by atoms with E-state index in [1.807, 2.05) is 6.92 Å². The molecule has 1 aromatic heterocycles. The standard InChI is InChI=1S/C17H16ClFN6O/c1-9-7-10(18)3-5-12(9)23-15-11(16-24-25-17(20)26-16)4-6-13(14(15)19)22-8-21-2/h3-8,23H,1-2H3,(H2,20,25)(H,21,22). The minimum absolute atomic E-state index is 0.102.